The Hall–Kier alpha value is -0.360. The molecule has 0 radical (unpaired) electrons. The summed E-state index contributed by atoms with van der Waals surface area (Å²) in [5, 5.41) is 0. The maximum atomic E-state index is 5.61. The molecule has 1 aromatic rings. The van der Waals surface area contributed by atoms with Gasteiger partial charge in [-0.2, -0.15) is 0 Å². The number of hydrogen-bond acceptors (Lipinski definition) is 4. The van der Waals surface area contributed by atoms with E-state index in [1.54, 1.807) is 0 Å². The molecule has 9 heteroatoms. The second kappa shape index (κ2) is 10.3. The zero-order valence-electron chi connectivity index (χ0n) is 21.7. The molecule has 2 rings (SSSR count). The van der Waals surface area contributed by atoms with E-state index >= 15 is 0 Å². The van der Waals surface area contributed by atoms with E-state index in [9.17, 15) is 0 Å². The van der Waals surface area contributed by atoms with Gasteiger partial charge in [-0.1, -0.05) is 34.7 Å². The van der Waals surface area contributed by atoms with Gasteiger partial charge in [0.15, 0.2) is 0 Å². The minimum Gasteiger partial charge on any atom is -0.252 e. The topological polar surface area (TPSA) is 40.6 Å². The van der Waals surface area contributed by atoms with Crippen LogP contribution in [0.5, 0.6) is 0 Å². The summed E-state index contributed by atoms with van der Waals surface area (Å²) in [4.78, 5) is 4.25. The van der Waals surface area contributed by atoms with Crippen LogP contribution in [0.3, 0.4) is 0 Å². The third-order valence-electron chi connectivity index (χ3n) is 5.64. The largest absolute Gasteiger partial charge is 0.311 e. The molecule has 1 atom stereocenters. The Kier molecular flexibility index (Phi) is 8.91. The van der Waals surface area contributed by atoms with E-state index in [0.29, 0.717) is 0 Å². The van der Waals surface area contributed by atoms with E-state index in [2.05, 4.69) is 130 Å². The molecule has 1 unspecified atom stereocenters. The van der Waals surface area contributed by atoms with E-state index in [-0.39, 0.29) is 5.54 Å². The van der Waals surface area contributed by atoms with E-state index in [1.807, 2.05) is 0 Å². The van der Waals surface area contributed by atoms with Crippen molar-refractivity contribution in [3.63, 3.8) is 0 Å². The van der Waals surface area contributed by atoms with Crippen molar-refractivity contribution in [3.05, 3.63) is 35.4 Å². The molecular formula is C22H46N7P2+. The van der Waals surface area contributed by atoms with Gasteiger partial charge < -0.3 is 0 Å². The van der Waals surface area contributed by atoms with Crippen LogP contribution in [0.25, 0.3) is 0 Å². The molecule has 0 aromatic heterocycles. The van der Waals surface area contributed by atoms with Crippen LogP contribution in [0.2, 0.25) is 0 Å². The highest BCUT2D eigenvalue weighted by atomic mass is 31.3. The lowest BCUT2D eigenvalue weighted by Crippen LogP contribution is -2.50. The van der Waals surface area contributed by atoms with Gasteiger partial charge in [0.1, 0.15) is 0 Å². The molecule has 7 nitrogen and oxygen atoms in total. The molecule has 1 heterocycles. The fourth-order valence-corrected chi connectivity index (χ4v) is 14.1. The van der Waals surface area contributed by atoms with Crippen LogP contribution in [-0.4, -0.2) is 91.3 Å². The number of nitrogens with zero attached hydrogens (tertiary/aromatic N) is 6. The van der Waals surface area contributed by atoms with E-state index < -0.39 is 15.4 Å². The van der Waals surface area contributed by atoms with Gasteiger partial charge in [-0.15, -0.1) is 14.0 Å². The first-order chi connectivity index (χ1) is 14.2. The molecule has 1 N–H and O–H groups in total. The van der Waals surface area contributed by atoms with Crippen LogP contribution in [0, 0.1) is 6.92 Å². The molecule has 0 saturated carbocycles. The first-order valence-electron chi connectivity index (χ1n) is 11.1. The van der Waals surface area contributed by atoms with Crippen LogP contribution < -0.4 is 4.86 Å². The van der Waals surface area contributed by atoms with E-state index in [4.69, 9.17) is 4.74 Å². The molecule has 0 bridgehead atoms. The number of aryl methyl sites for hydroxylation is 1. The predicted molar refractivity (Wildman–Crippen MR) is 139 cm³/mol. The van der Waals surface area contributed by atoms with Crippen LogP contribution in [-0.2, 0) is 6.54 Å². The van der Waals surface area contributed by atoms with Gasteiger partial charge in [-0.25, -0.2) is 9.34 Å². The summed E-state index contributed by atoms with van der Waals surface area (Å²) in [5.74, 6) is 0. The van der Waals surface area contributed by atoms with E-state index in [0.717, 1.165) is 26.1 Å². The minimum absolute atomic E-state index is 0.154. The fourth-order valence-electron chi connectivity index (χ4n) is 4.30. The summed E-state index contributed by atoms with van der Waals surface area (Å²) in [6.45, 7) is 11.8. The number of rotatable bonds is 7. The summed E-state index contributed by atoms with van der Waals surface area (Å²) in [6, 6.07) is 8.96. The standard InChI is InChI=1S/C22H46N7P2/c1-20-13-15-21(16-14-20)19-29-18-12-17-28(11)30(29,23-22(2,3)4)24-31(25(5)6,26(7)8)27(9)10/h13-16,24H,12,17-19H2,1-11H3/q+1. The number of benzene rings is 1. The third-order valence-corrected chi connectivity index (χ3v) is 14.3. The van der Waals surface area contributed by atoms with Crippen molar-refractivity contribution in [2.45, 2.75) is 46.2 Å². The Balaban J connectivity index is 2.68. The van der Waals surface area contributed by atoms with Crippen molar-refractivity contribution < 1.29 is 0 Å². The van der Waals surface area contributed by atoms with Gasteiger partial charge in [0, 0.05) is 61.9 Å². The fraction of sp³-hybridized carbons (Fsp3) is 0.727. The molecule has 1 saturated heterocycles. The quantitative estimate of drug-likeness (QED) is 0.576. The van der Waals surface area contributed by atoms with Gasteiger partial charge in [-0.3, -0.25) is 4.74 Å². The SMILES string of the molecule is Cc1ccc(CN2CCCN(C)P2(=NC(C)(C)C)N[P+](N(C)C)(N(C)C)N(C)C)cc1. The third kappa shape index (κ3) is 5.96. The highest BCUT2D eigenvalue weighted by molar-refractivity contribution is 7.79. The summed E-state index contributed by atoms with van der Waals surface area (Å²) < 4.78 is 17.8. The lowest BCUT2D eigenvalue weighted by molar-refractivity contribution is 0.322. The van der Waals surface area contributed by atoms with Crippen molar-refractivity contribution in [3.8, 4) is 0 Å². The predicted octanol–water partition coefficient (Wildman–Crippen LogP) is 4.83. The average Bonchev–Trinajstić information content (AvgIpc) is 2.63. The Morgan fingerprint density at radius 3 is 1.94 bits per heavy atom. The van der Waals surface area contributed by atoms with Gasteiger partial charge in [0.25, 0.3) is 0 Å². The molecule has 178 valence electrons. The van der Waals surface area contributed by atoms with Crippen LogP contribution in [0.15, 0.2) is 29.0 Å². The monoisotopic (exact) mass is 470 g/mol. The highest BCUT2D eigenvalue weighted by Gasteiger charge is 2.55. The van der Waals surface area contributed by atoms with Crippen molar-refractivity contribution in [2.75, 3.05) is 62.4 Å². The second-order valence-electron chi connectivity index (χ2n) is 10.2. The van der Waals surface area contributed by atoms with Gasteiger partial charge >= 0.3 is 7.87 Å². The average molecular weight is 471 g/mol. The molecule has 0 aliphatic carbocycles. The molecule has 1 aliphatic heterocycles. The molecular weight excluding hydrogens is 424 g/mol. The molecule has 31 heavy (non-hydrogen) atoms. The van der Waals surface area contributed by atoms with Crippen LogP contribution in [0.4, 0.5) is 0 Å². The Morgan fingerprint density at radius 1 is 0.968 bits per heavy atom. The van der Waals surface area contributed by atoms with Crippen LogP contribution in [0.1, 0.15) is 38.3 Å². The summed E-state index contributed by atoms with van der Waals surface area (Å²) in [5.41, 5.74) is 2.49. The normalized spacial score (nSPS) is 22.0. The number of nitrogens with one attached hydrogen (secondary N) is 1. The molecule has 0 spiro atoms. The Labute approximate surface area is 192 Å². The zero-order chi connectivity index (χ0) is 23.6. The number of hydrogen-bond donors (Lipinski definition) is 1. The van der Waals surface area contributed by atoms with Crippen molar-refractivity contribution in [1.29, 1.82) is 0 Å². The maximum absolute atomic E-state index is 5.61. The molecule has 0 amide bonds. The second-order valence-corrected chi connectivity index (χ2v) is 17.1. The summed E-state index contributed by atoms with van der Waals surface area (Å²) in [7, 11) is 11.2. The first kappa shape index (κ1) is 26.9. The van der Waals surface area contributed by atoms with Gasteiger partial charge in [0.05, 0.1) is 5.54 Å². The van der Waals surface area contributed by atoms with Crippen LogP contribution >= 0.6 is 15.4 Å². The van der Waals surface area contributed by atoms with Crippen molar-refractivity contribution in [1.82, 2.24) is 28.2 Å². The molecule has 1 fully saturated rings. The Morgan fingerprint density at radius 2 is 1.48 bits per heavy atom. The molecule has 1 aliphatic rings. The lowest BCUT2D eigenvalue weighted by atomic mass is 10.1. The van der Waals surface area contributed by atoms with Gasteiger partial charge in [-0.05, 0) is 46.7 Å². The first-order valence-corrected chi connectivity index (χ1v) is 14.4. The maximum Gasteiger partial charge on any atom is 0.311 e. The Bertz CT molecular complexity index is 747. The van der Waals surface area contributed by atoms with Crippen molar-refractivity contribution >= 4 is 15.4 Å². The zero-order valence-corrected chi connectivity index (χ0v) is 23.5. The van der Waals surface area contributed by atoms with Gasteiger partial charge in [0.2, 0.25) is 7.51 Å². The van der Waals surface area contributed by atoms with E-state index in [1.165, 1.54) is 11.1 Å². The summed E-state index contributed by atoms with van der Waals surface area (Å²) >= 11 is 0. The van der Waals surface area contributed by atoms with Crippen molar-refractivity contribution in [2.24, 2.45) is 4.74 Å². The lowest BCUT2D eigenvalue weighted by Gasteiger charge is -2.51. The smallest absolute Gasteiger partial charge is 0.252 e. The molecule has 1 aromatic carbocycles. The summed E-state index contributed by atoms with van der Waals surface area (Å²) in [6.07, 6.45) is 1.16. The minimum atomic E-state index is -2.21. The highest BCUT2D eigenvalue weighted by Crippen LogP contribution is 2.71.